The van der Waals surface area contributed by atoms with Gasteiger partial charge in [0.05, 0.1) is 0 Å². The van der Waals surface area contributed by atoms with Crippen LogP contribution in [0.25, 0.3) is 0 Å². The highest BCUT2D eigenvalue weighted by Crippen LogP contribution is 2.18. The SMILES string of the molecule is CCN(CC)C(=O)c1ccc(NC(=O)CC2CCNCC2)cc1.Cl. The molecule has 2 amide bonds. The lowest BCUT2D eigenvalue weighted by Crippen LogP contribution is -2.30. The molecule has 0 unspecified atom stereocenters. The summed E-state index contributed by atoms with van der Waals surface area (Å²) in [5.41, 5.74) is 1.41. The van der Waals surface area contributed by atoms with Crippen LogP contribution >= 0.6 is 12.4 Å². The highest BCUT2D eigenvalue weighted by molar-refractivity contribution is 5.95. The van der Waals surface area contributed by atoms with Gasteiger partial charge in [-0.1, -0.05) is 0 Å². The Hall–Kier alpha value is -1.59. The topological polar surface area (TPSA) is 61.4 Å². The summed E-state index contributed by atoms with van der Waals surface area (Å²) in [6, 6.07) is 7.16. The van der Waals surface area contributed by atoms with E-state index in [1.54, 1.807) is 29.2 Å². The van der Waals surface area contributed by atoms with Gasteiger partial charge in [0.2, 0.25) is 5.91 Å². The predicted molar refractivity (Wildman–Crippen MR) is 99.8 cm³/mol. The van der Waals surface area contributed by atoms with Gasteiger partial charge >= 0.3 is 0 Å². The summed E-state index contributed by atoms with van der Waals surface area (Å²) in [4.78, 5) is 26.1. The van der Waals surface area contributed by atoms with E-state index >= 15 is 0 Å². The molecule has 0 aliphatic carbocycles. The fourth-order valence-corrected chi connectivity index (χ4v) is 2.95. The second kappa shape index (κ2) is 10.3. The summed E-state index contributed by atoms with van der Waals surface area (Å²) < 4.78 is 0. The molecule has 1 aromatic carbocycles. The van der Waals surface area contributed by atoms with Gasteiger partial charge in [0.15, 0.2) is 0 Å². The lowest BCUT2D eigenvalue weighted by Gasteiger charge is -2.22. The molecule has 0 spiro atoms. The summed E-state index contributed by atoms with van der Waals surface area (Å²) in [7, 11) is 0. The summed E-state index contributed by atoms with van der Waals surface area (Å²) >= 11 is 0. The van der Waals surface area contributed by atoms with Gasteiger partial charge < -0.3 is 15.5 Å². The largest absolute Gasteiger partial charge is 0.339 e. The molecule has 1 saturated heterocycles. The Morgan fingerprint density at radius 2 is 1.71 bits per heavy atom. The quantitative estimate of drug-likeness (QED) is 0.826. The number of carbonyl (C=O) groups excluding carboxylic acids is 2. The monoisotopic (exact) mass is 353 g/mol. The molecular weight excluding hydrogens is 326 g/mol. The zero-order chi connectivity index (χ0) is 16.7. The van der Waals surface area contributed by atoms with Crippen molar-refractivity contribution in [2.75, 3.05) is 31.5 Å². The number of halogens is 1. The third kappa shape index (κ3) is 5.80. The number of piperidine rings is 1. The van der Waals surface area contributed by atoms with Crippen LogP contribution in [0.1, 0.15) is 43.5 Å². The summed E-state index contributed by atoms with van der Waals surface area (Å²) in [6.45, 7) is 7.34. The van der Waals surface area contributed by atoms with E-state index in [4.69, 9.17) is 0 Å². The van der Waals surface area contributed by atoms with E-state index in [2.05, 4.69) is 10.6 Å². The zero-order valence-electron chi connectivity index (χ0n) is 14.5. The Bertz CT molecular complexity index is 524. The molecule has 5 nitrogen and oxygen atoms in total. The van der Waals surface area contributed by atoms with Crippen LogP contribution in [-0.4, -0.2) is 42.9 Å². The Kier molecular flexibility index (Phi) is 8.79. The normalized spacial score (nSPS) is 14.6. The van der Waals surface area contributed by atoms with Crippen molar-refractivity contribution >= 4 is 29.9 Å². The number of rotatable bonds is 6. The number of hydrogen-bond donors (Lipinski definition) is 2. The molecule has 24 heavy (non-hydrogen) atoms. The lowest BCUT2D eigenvalue weighted by atomic mass is 9.94. The summed E-state index contributed by atoms with van der Waals surface area (Å²) in [5.74, 6) is 0.557. The number of benzene rings is 1. The molecule has 2 N–H and O–H groups in total. The molecule has 0 atom stereocenters. The molecule has 0 aromatic heterocycles. The molecule has 6 heteroatoms. The van der Waals surface area contributed by atoms with Crippen molar-refractivity contribution in [2.24, 2.45) is 5.92 Å². The molecule has 0 saturated carbocycles. The highest BCUT2D eigenvalue weighted by Gasteiger charge is 2.17. The van der Waals surface area contributed by atoms with Gasteiger partial charge in [-0.3, -0.25) is 9.59 Å². The molecule has 1 fully saturated rings. The molecular formula is C18H28ClN3O2. The van der Waals surface area contributed by atoms with Crippen molar-refractivity contribution in [3.63, 3.8) is 0 Å². The number of amides is 2. The maximum absolute atomic E-state index is 12.2. The van der Waals surface area contributed by atoms with Crippen LogP contribution in [-0.2, 0) is 4.79 Å². The van der Waals surface area contributed by atoms with E-state index in [1.807, 2.05) is 13.8 Å². The van der Waals surface area contributed by atoms with E-state index < -0.39 is 0 Å². The minimum Gasteiger partial charge on any atom is -0.339 e. The van der Waals surface area contributed by atoms with Crippen molar-refractivity contribution in [3.8, 4) is 0 Å². The number of anilines is 1. The van der Waals surface area contributed by atoms with Crippen LogP contribution in [0.15, 0.2) is 24.3 Å². The maximum atomic E-state index is 12.2. The average Bonchev–Trinajstić information content (AvgIpc) is 2.57. The number of carbonyl (C=O) groups is 2. The molecule has 0 radical (unpaired) electrons. The highest BCUT2D eigenvalue weighted by atomic mass is 35.5. The van der Waals surface area contributed by atoms with E-state index in [1.165, 1.54) is 0 Å². The zero-order valence-corrected chi connectivity index (χ0v) is 15.3. The minimum atomic E-state index is 0. The van der Waals surface area contributed by atoms with Crippen molar-refractivity contribution in [1.82, 2.24) is 10.2 Å². The smallest absolute Gasteiger partial charge is 0.253 e. The van der Waals surface area contributed by atoms with Crippen molar-refractivity contribution in [2.45, 2.75) is 33.1 Å². The van der Waals surface area contributed by atoms with Gasteiger partial charge in [0, 0.05) is 30.8 Å². The molecule has 0 bridgehead atoms. The van der Waals surface area contributed by atoms with Crippen LogP contribution in [0.3, 0.4) is 0 Å². The van der Waals surface area contributed by atoms with Crippen molar-refractivity contribution in [1.29, 1.82) is 0 Å². The maximum Gasteiger partial charge on any atom is 0.253 e. The standard InChI is InChI=1S/C18H27N3O2.ClH/c1-3-21(4-2)18(23)15-5-7-16(8-6-15)20-17(22)13-14-9-11-19-12-10-14;/h5-8,14,19H,3-4,9-13H2,1-2H3,(H,20,22);1H. The van der Waals surface area contributed by atoms with E-state index in [9.17, 15) is 9.59 Å². The molecule has 2 rings (SSSR count). The van der Waals surface area contributed by atoms with Gasteiger partial charge in [-0.05, 0) is 70.0 Å². The Morgan fingerprint density at radius 1 is 1.12 bits per heavy atom. The first-order valence-corrected chi connectivity index (χ1v) is 8.54. The lowest BCUT2D eigenvalue weighted by molar-refractivity contribution is -0.117. The average molecular weight is 354 g/mol. The fourth-order valence-electron chi connectivity index (χ4n) is 2.95. The molecule has 1 aliphatic rings. The van der Waals surface area contributed by atoms with E-state index in [-0.39, 0.29) is 24.2 Å². The number of hydrogen-bond acceptors (Lipinski definition) is 3. The predicted octanol–water partition coefficient (Wildman–Crippen LogP) is 2.92. The molecule has 1 aliphatic heterocycles. The summed E-state index contributed by atoms with van der Waals surface area (Å²) in [6.07, 6.45) is 2.69. The van der Waals surface area contributed by atoms with Crippen LogP contribution in [0.5, 0.6) is 0 Å². The van der Waals surface area contributed by atoms with Crippen LogP contribution in [0.2, 0.25) is 0 Å². The van der Waals surface area contributed by atoms with E-state index in [0.717, 1.165) is 31.6 Å². The minimum absolute atomic E-state index is 0. The first kappa shape index (κ1) is 20.5. The van der Waals surface area contributed by atoms with Crippen LogP contribution in [0, 0.1) is 5.92 Å². The van der Waals surface area contributed by atoms with Crippen molar-refractivity contribution < 1.29 is 9.59 Å². The second-order valence-electron chi connectivity index (χ2n) is 6.00. The van der Waals surface area contributed by atoms with E-state index in [0.29, 0.717) is 31.0 Å². The first-order valence-electron chi connectivity index (χ1n) is 8.54. The van der Waals surface area contributed by atoms with Gasteiger partial charge in [-0.15, -0.1) is 12.4 Å². The van der Waals surface area contributed by atoms with Gasteiger partial charge in [0.1, 0.15) is 0 Å². The van der Waals surface area contributed by atoms with Crippen LogP contribution in [0.4, 0.5) is 5.69 Å². The second-order valence-corrected chi connectivity index (χ2v) is 6.00. The van der Waals surface area contributed by atoms with Gasteiger partial charge in [-0.25, -0.2) is 0 Å². The Labute approximate surface area is 150 Å². The fraction of sp³-hybridized carbons (Fsp3) is 0.556. The van der Waals surface area contributed by atoms with Crippen molar-refractivity contribution in [3.05, 3.63) is 29.8 Å². The molecule has 1 heterocycles. The first-order chi connectivity index (χ1) is 11.1. The number of nitrogens with zero attached hydrogens (tertiary/aromatic N) is 1. The van der Waals surface area contributed by atoms with Gasteiger partial charge in [0.25, 0.3) is 5.91 Å². The van der Waals surface area contributed by atoms with Crippen LogP contribution < -0.4 is 10.6 Å². The molecule has 134 valence electrons. The number of nitrogens with one attached hydrogen (secondary N) is 2. The molecule has 1 aromatic rings. The Balaban J connectivity index is 0.00000288. The third-order valence-electron chi connectivity index (χ3n) is 4.40. The third-order valence-corrected chi connectivity index (χ3v) is 4.40. The Morgan fingerprint density at radius 3 is 2.25 bits per heavy atom. The summed E-state index contributed by atoms with van der Waals surface area (Å²) in [5, 5.41) is 6.23. The van der Waals surface area contributed by atoms with Gasteiger partial charge in [-0.2, -0.15) is 0 Å².